The second kappa shape index (κ2) is 5.92. The number of carbonyl (C=O) groups excluding carboxylic acids is 2. The Kier molecular flexibility index (Phi) is 4.93. The molecule has 0 aromatic heterocycles. The van der Waals surface area contributed by atoms with Gasteiger partial charge in [0.1, 0.15) is 0 Å². The van der Waals surface area contributed by atoms with Crippen molar-refractivity contribution in [2.75, 3.05) is 13.1 Å². The van der Waals surface area contributed by atoms with Gasteiger partial charge in [0.05, 0.1) is 0 Å². The van der Waals surface area contributed by atoms with E-state index in [2.05, 4.69) is 5.32 Å². The molecule has 1 heterocycles. The molecule has 1 fully saturated rings. The van der Waals surface area contributed by atoms with Crippen LogP contribution in [0, 0.1) is 0 Å². The predicted octanol–water partition coefficient (Wildman–Crippen LogP) is 1.70. The Morgan fingerprint density at radius 2 is 1.65 bits per heavy atom. The molecule has 0 saturated carbocycles. The quantitative estimate of drug-likeness (QED) is 0.807. The Labute approximate surface area is 112 Å². The number of nitrogens with zero attached hydrogens (tertiary/aromatic N) is 1. The number of rotatable bonds is 3. The molecule has 2 amide bonds. The fourth-order valence-corrected chi connectivity index (χ4v) is 1.88. The maximum atomic E-state index is 12.9. The van der Waals surface area contributed by atoms with Gasteiger partial charge in [-0.3, -0.25) is 9.59 Å². The van der Waals surface area contributed by atoms with Crippen LogP contribution in [-0.2, 0) is 9.59 Å². The number of hydrogen-bond acceptors (Lipinski definition) is 2. The van der Waals surface area contributed by atoms with Gasteiger partial charge < -0.3 is 10.2 Å². The van der Waals surface area contributed by atoms with Crippen LogP contribution < -0.4 is 5.32 Å². The van der Waals surface area contributed by atoms with E-state index in [0.717, 1.165) is 0 Å². The summed E-state index contributed by atoms with van der Waals surface area (Å²) in [6.07, 6.45) is -5.32. The lowest BCUT2D eigenvalue weighted by atomic mass is 10.0. The Hall–Kier alpha value is -1.41. The average Bonchev–Trinajstić information content (AvgIpc) is 2.37. The van der Waals surface area contributed by atoms with Crippen LogP contribution in [0.15, 0.2) is 0 Å². The molecule has 0 unspecified atom stereocenters. The lowest BCUT2D eigenvalue weighted by Crippen LogP contribution is -2.55. The first-order chi connectivity index (χ1) is 9.09. The van der Waals surface area contributed by atoms with Crippen LogP contribution in [0.4, 0.5) is 22.0 Å². The van der Waals surface area contributed by atoms with Crippen LogP contribution in [0.3, 0.4) is 0 Å². The van der Waals surface area contributed by atoms with Crippen molar-refractivity contribution in [3.63, 3.8) is 0 Å². The summed E-state index contributed by atoms with van der Waals surface area (Å²) in [4.78, 5) is 22.8. The lowest BCUT2D eigenvalue weighted by molar-refractivity contribution is -0.274. The van der Waals surface area contributed by atoms with E-state index < -0.39 is 18.0 Å². The zero-order valence-corrected chi connectivity index (χ0v) is 10.8. The zero-order chi connectivity index (χ0) is 15.6. The van der Waals surface area contributed by atoms with E-state index in [1.165, 1.54) is 0 Å². The van der Waals surface area contributed by atoms with Gasteiger partial charge in [-0.25, -0.2) is 0 Å². The third-order valence-corrected chi connectivity index (χ3v) is 3.09. The fraction of sp³-hybridized carbons (Fsp3) is 0.818. The molecule has 0 radical (unpaired) electrons. The third kappa shape index (κ3) is 3.57. The Morgan fingerprint density at radius 3 is 2.05 bits per heavy atom. The molecule has 4 nitrogen and oxygen atoms in total. The van der Waals surface area contributed by atoms with Crippen molar-refractivity contribution in [1.29, 1.82) is 0 Å². The van der Waals surface area contributed by atoms with Gasteiger partial charge in [0.25, 0.3) is 0 Å². The van der Waals surface area contributed by atoms with Crippen LogP contribution >= 0.6 is 0 Å². The molecule has 1 rings (SSSR count). The second-order valence-corrected chi connectivity index (χ2v) is 4.56. The predicted molar refractivity (Wildman–Crippen MR) is 59.0 cm³/mol. The largest absolute Gasteiger partial charge is 0.463 e. The number of likely N-dealkylation sites (tertiary alicyclic amines) is 1. The first-order valence-corrected chi connectivity index (χ1v) is 6.13. The molecule has 0 aliphatic carbocycles. The highest BCUT2D eigenvalue weighted by atomic mass is 19.4. The van der Waals surface area contributed by atoms with E-state index in [0.29, 0.717) is 4.90 Å². The molecule has 20 heavy (non-hydrogen) atoms. The second-order valence-electron chi connectivity index (χ2n) is 4.56. The molecule has 1 saturated heterocycles. The van der Waals surface area contributed by atoms with Crippen LogP contribution in [-0.4, -0.2) is 47.9 Å². The number of amides is 2. The van der Waals surface area contributed by atoms with E-state index in [9.17, 15) is 31.5 Å². The van der Waals surface area contributed by atoms with Crippen molar-refractivity contribution in [2.45, 2.75) is 44.3 Å². The normalized spacial score (nSPS) is 18.0. The van der Waals surface area contributed by atoms with Crippen molar-refractivity contribution in [2.24, 2.45) is 0 Å². The molecular weight excluding hydrogens is 287 g/mol. The number of alkyl halides is 5. The smallest absolute Gasteiger partial charge is 0.353 e. The topological polar surface area (TPSA) is 49.4 Å². The Bertz CT molecular complexity index is 375. The van der Waals surface area contributed by atoms with E-state index >= 15 is 0 Å². The van der Waals surface area contributed by atoms with Gasteiger partial charge in [-0.1, -0.05) is 6.92 Å². The minimum Gasteiger partial charge on any atom is -0.353 e. The summed E-state index contributed by atoms with van der Waals surface area (Å²) in [7, 11) is 0. The molecule has 9 heteroatoms. The SMILES string of the molecule is CCC(=O)NC1CCN(C(=O)C(F)(F)C(F)(F)F)CC1. The monoisotopic (exact) mass is 302 g/mol. The minimum atomic E-state index is -5.89. The minimum absolute atomic E-state index is 0.158. The molecule has 0 bridgehead atoms. The number of halogens is 5. The summed E-state index contributed by atoms with van der Waals surface area (Å²) in [5, 5.41) is 2.61. The summed E-state index contributed by atoms with van der Waals surface area (Å²) in [5.41, 5.74) is 0. The molecule has 116 valence electrons. The van der Waals surface area contributed by atoms with Crippen LogP contribution in [0.5, 0.6) is 0 Å². The number of piperidine rings is 1. The molecule has 0 atom stereocenters. The van der Waals surface area contributed by atoms with Gasteiger partial charge in [0.15, 0.2) is 0 Å². The third-order valence-electron chi connectivity index (χ3n) is 3.09. The summed E-state index contributed by atoms with van der Waals surface area (Å²) < 4.78 is 62.0. The van der Waals surface area contributed by atoms with Crippen LogP contribution in [0.2, 0.25) is 0 Å². The molecule has 1 N–H and O–H groups in total. The Balaban J connectivity index is 2.57. The number of hydrogen-bond donors (Lipinski definition) is 1. The molecule has 0 spiro atoms. The Morgan fingerprint density at radius 1 is 1.15 bits per heavy atom. The van der Waals surface area contributed by atoms with E-state index in [1.807, 2.05) is 0 Å². The summed E-state index contributed by atoms with van der Waals surface area (Å²) >= 11 is 0. The first-order valence-electron chi connectivity index (χ1n) is 6.13. The van der Waals surface area contributed by atoms with Crippen molar-refractivity contribution >= 4 is 11.8 Å². The van der Waals surface area contributed by atoms with Gasteiger partial charge in [-0.15, -0.1) is 0 Å². The molecule has 1 aliphatic heterocycles. The highest BCUT2D eigenvalue weighted by Gasteiger charge is 2.64. The van der Waals surface area contributed by atoms with Crippen LogP contribution in [0.1, 0.15) is 26.2 Å². The lowest BCUT2D eigenvalue weighted by Gasteiger charge is -2.34. The molecule has 1 aliphatic rings. The molecular formula is C11H15F5N2O2. The van der Waals surface area contributed by atoms with E-state index in [-0.39, 0.29) is 44.3 Å². The summed E-state index contributed by atoms with van der Waals surface area (Å²) in [6.45, 7) is 1.16. The van der Waals surface area contributed by atoms with E-state index in [1.54, 1.807) is 6.92 Å². The highest BCUT2D eigenvalue weighted by Crippen LogP contribution is 2.37. The fourth-order valence-electron chi connectivity index (χ4n) is 1.88. The molecule has 0 aromatic rings. The van der Waals surface area contributed by atoms with Crippen molar-refractivity contribution in [3.05, 3.63) is 0 Å². The van der Waals surface area contributed by atoms with Crippen molar-refractivity contribution in [3.8, 4) is 0 Å². The van der Waals surface area contributed by atoms with Gasteiger partial charge in [-0.2, -0.15) is 22.0 Å². The van der Waals surface area contributed by atoms with Crippen molar-refractivity contribution in [1.82, 2.24) is 10.2 Å². The van der Waals surface area contributed by atoms with Gasteiger partial charge in [-0.05, 0) is 12.8 Å². The zero-order valence-electron chi connectivity index (χ0n) is 10.8. The maximum Gasteiger partial charge on any atom is 0.463 e. The van der Waals surface area contributed by atoms with Gasteiger partial charge in [0, 0.05) is 25.6 Å². The maximum absolute atomic E-state index is 12.9. The van der Waals surface area contributed by atoms with Gasteiger partial charge in [0.2, 0.25) is 5.91 Å². The first kappa shape index (κ1) is 16.6. The van der Waals surface area contributed by atoms with Crippen LogP contribution in [0.25, 0.3) is 0 Å². The average molecular weight is 302 g/mol. The number of nitrogens with one attached hydrogen (secondary N) is 1. The van der Waals surface area contributed by atoms with E-state index in [4.69, 9.17) is 0 Å². The number of carbonyl (C=O) groups is 2. The summed E-state index contributed by atoms with van der Waals surface area (Å²) in [5.74, 6) is -7.83. The standard InChI is InChI=1S/C11H15F5N2O2/c1-2-8(19)17-7-3-5-18(6-4-7)9(20)10(12,13)11(14,15)16/h7H,2-6H2,1H3,(H,17,19). The highest BCUT2D eigenvalue weighted by molar-refractivity contribution is 5.84. The molecule has 0 aromatic carbocycles. The van der Waals surface area contributed by atoms with Crippen molar-refractivity contribution < 1.29 is 31.5 Å². The van der Waals surface area contributed by atoms with Gasteiger partial charge >= 0.3 is 18.0 Å². The summed E-state index contributed by atoms with van der Waals surface area (Å²) in [6, 6.07) is -0.300.